The maximum absolute atomic E-state index is 13.0. The maximum Gasteiger partial charge on any atom is 0.244 e. The zero-order valence-electron chi connectivity index (χ0n) is 19.6. The van der Waals surface area contributed by atoms with Crippen molar-refractivity contribution in [2.75, 3.05) is 38.6 Å². The van der Waals surface area contributed by atoms with Crippen molar-refractivity contribution >= 4 is 29.1 Å². The van der Waals surface area contributed by atoms with Crippen molar-refractivity contribution in [3.8, 4) is 5.75 Å². The molecule has 1 atom stereocenters. The van der Waals surface area contributed by atoms with E-state index in [1.807, 2.05) is 4.90 Å². The van der Waals surface area contributed by atoms with Crippen LogP contribution in [0.4, 0.5) is 5.69 Å². The van der Waals surface area contributed by atoms with Gasteiger partial charge in [-0.3, -0.25) is 14.5 Å². The fourth-order valence-corrected chi connectivity index (χ4v) is 5.54. The number of ether oxygens (including phenoxy) is 1. The highest BCUT2D eigenvalue weighted by Crippen LogP contribution is 2.49. The molecule has 0 bridgehead atoms. The average molecular weight is 488 g/mol. The molecule has 1 spiro atoms. The van der Waals surface area contributed by atoms with E-state index >= 15 is 0 Å². The molecule has 1 aromatic heterocycles. The van der Waals surface area contributed by atoms with Crippen LogP contribution in [-0.4, -0.2) is 65.0 Å². The summed E-state index contributed by atoms with van der Waals surface area (Å²) in [5.74, 6) is 2.11. The minimum atomic E-state index is -0.138. The van der Waals surface area contributed by atoms with Crippen molar-refractivity contribution in [3.63, 3.8) is 0 Å². The Kier molecular flexibility index (Phi) is 6.24. The van der Waals surface area contributed by atoms with Gasteiger partial charge in [-0.2, -0.15) is 4.98 Å². The van der Waals surface area contributed by atoms with Crippen molar-refractivity contribution < 1.29 is 18.8 Å². The molecule has 1 aromatic carbocycles. The highest BCUT2D eigenvalue weighted by Gasteiger charge is 2.49. The van der Waals surface area contributed by atoms with Crippen LogP contribution in [0.3, 0.4) is 0 Å². The number of aryl methyl sites for hydroxylation is 1. The summed E-state index contributed by atoms with van der Waals surface area (Å²) in [6.07, 6.45) is 4.73. The lowest BCUT2D eigenvalue weighted by atomic mass is 9.76. The van der Waals surface area contributed by atoms with Crippen LogP contribution in [0.2, 0.25) is 5.02 Å². The molecule has 34 heavy (non-hydrogen) atoms. The molecular formula is C24H30ClN5O4. The molecule has 10 heteroatoms. The van der Waals surface area contributed by atoms with E-state index in [1.54, 1.807) is 32.2 Å². The van der Waals surface area contributed by atoms with Gasteiger partial charge in [0.15, 0.2) is 5.82 Å². The van der Waals surface area contributed by atoms with Gasteiger partial charge in [-0.05, 0) is 62.6 Å². The van der Waals surface area contributed by atoms with Crippen LogP contribution in [0.5, 0.6) is 5.75 Å². The lowest BCUT2D eigenvalue weighted by Crippen LogP contribution is -2.45. The molecule has 1 saturated carbocycles. The Bertz CT molecular complexity index is 1080. The van der Waals surface area contributed by atoms with E-state index < -0.39 is 0 Å². The summed E-state index contributed by atoms with van der Waals surface area (Å²) >= 11 is 6.20. The predicted molar refractivity (Wildman–Crippen MR) is 126 cm³/mol. The first-order valence-corrected chi connectivity index (χ1v) is 12.2. The number of anilines is 1. The Morgan fingerprint density at radius 1 is 1.29 bits per heavy atom. The SMILES string of the molecule is COc1ccc(NC(=O)CN2CC3(CCN(C(=O)C4CC4)CC3)CC2c2nc(C)no2)cc1Cl. The normalized spacial score (nSPS) is 22.2. The zero-order chi connectivity index (χ0) is 23.9. The predicted octanol–water partition coefficient (Wildman–Crippen LogP) is 3.44. The molecule has 2 aliphatic heterocycles. The van der Waals surface area contributed by atoms with Crippen LogP contribution >= 0.6 is 11.6 Å². The third-order valence-corrected chi connectivity index (χ3v) is 7.57. The molecule has 9 nitrogen and oxygen atoms in total. The van der Waals surface area contributed by atoms with E-state index in [1.165, 1.54) is 0 Å². The Hall–Kier alpha value is -2.65. The highest BCUT2D eigenvalue weighted by molar-refractivity contribution is 6.32. The smallest absolute Gasteiger partial charge is 0.244 e. The molecule has 1 unspecified atom stereocenters. The third kappa shape index (κ3) is 4.77. The summed E-state index contributed by atoms with van der Waals surface area (Å²) in [6.45, 7) is 4.29. The molecule has 5 rings (SSSR count). The summed E-state index contributed by atoms with van der Waals surface area (Å²) in [6, 6.07) is 5.04. The van der Waals surface area contributed by atoms with Crippen LogP contribution in [0.15, 0.2) is 22.7 Å². The van der Waals surface area contributed by atoms with Gasteiger partial charge in [0, 0.05) is 31.2 Å². The molecular weight excluding hydrogens is 458 g/mol. The van der Waals surface area contributed by atoms with Crippen LogP contribution in [0.25, 0.3) is 0 Å². The lowest BCUT2D eigenvalue weighted by Gasteiger charge is -2.39. The minimum absolute atomic E-state index is 0.0249. The number of carbonyl (C=O) groups excluding carboxylic acids is 2. The number of rotatable bonds is 6. The standard InChI is InChI=1S/C24H30ClN5O4/c1-15-26-22(34-28-15)19-12-24(7-9-29(10-8-24)23(32)16-3-4-16)14-30(19)13-21(31)27-17-5-6-20(33-2)18(25)11-17/h5-6,11,16,19H,3-4,7-10,12-14H2,1-2H3,(H,27,31). The number of carbonyl (C=O) groups is 2. The Balaban J connectivity index is 1.28. The summed E-state index contributed by atoms with van der Waals surface area (Å²) in [5.41, 5.74) is 0.638. The first-order chi connectivity index (χ1) is 16.4. The van der Waals surface area contributed by atoms with Crippen molar-refractivity contribution in [2.24, 2.45) is 11.3 Å². The van der Waals surface area contributed by atoms with Crippen molar-refractivity contribution in [1.82, 2.24) is 19.9 Å². The number of hydrogen-bond acceptors (Lipinski definition) is 7. The van der Waals surface area contributed by atoms with E-state index in [0.717, 1.165) is 51.7 Å². The van der Waals surface area contributed by atoms with E-state index in [2.05, 4.69) is 20.4 Å². The van der Waals surface area contributed by atoms with Gasteiger partial charge >= 0.3 is 0 Å². The summed E-state index contributed by atoms with van der Waals surface area (Å²) < 4.78 is 10.7. The largest absolute Gasteiger partial charge is 0.495 e. The monoisotopic (exact) mass is 487 g/mol. The Morgan fingerprint density at radius 3 is 2.68 bits per heavy atom. The number of methoxy groups -OCH3 is 1. The molecule has 2 amide bonds. The topological polar surface area (TPSA) is 101 Å². The molecule has 3 heterocycles. The van der Waals surface area contributed by atoms with Crippen LogP contribution in [-0.2, 0) is 9.59 Å². The second-order valence-corrected chi connectivity index (χ2v) is 10.2. The van der Waals surface area contributed by atoms with Gasteiger partial charge in [-0.25, -0.2) is 0 Å². The number of nitrogens with zero attached hydrogens (tertiary/aromatic N) is 4. The molecule has 3 fully saturated rings. The van der Waals surface area contributed by atoms with Crippen molar-refractivity contribution in [2.45, 2.75) is 45.1 Å². The number of likely N-dealkylation sites (tertiary alicyclic amines) is 2. The molecule has 1 aliphatic carbocycles. The van der Waals surface area contributed by atoms with Crippen LogP contribution in [0.1, 0.15) is 49.9 Å². The minimum Gasteiger partial charge on any atom is -0.495 e. The van der Waals surface area contributed by atoms with E-state index in [4.69, 9.17) is 20.9 Å². The van der Waals surface area contributed by atoms with Gasteiger partial charge in [-0.1, -0.05) is 16.8 Å². The molecule has 3 aliphatic rings. The van der Waals surface area contributed by atoms with Gasteiger partial charge in [0.25, 0.3) is 0 Å². The Morgan fingerprint density at radius 2 is 2.06 bits per heavy atom. The molecule has 0 radical (unpaired) electrons. The number of amides is 2. The fourth-order valence-electron chi connectivity index (χ4n) is 5.28. The number of benzene rings is 1. The number of aromatic nitrogens is 2. The van der Waals surface area contributed by atoms with Gasteiger partial charge < -0.3 is 19.5 Å². The Labute approximate surface area is 203 Å². The van der Waals surface area contributed by atoms with Crippen molar-refractivity contribution in [3.05, 3.63) is 34.9 Å². The number of hydrogen-bond donors (Lipinski definition) is 1. The maximum atomic E-state index is 13.0. The summed E-state index contributed by atoms with van der Waals surface area (Å²) in [7, 11) is 1.55. The third-order valence-electron chi connectivity index (χ3n) is 7.28. The summed E-state index contributed by atoms with van der Waals surface area (Å²) in [4.78, 5) is 34.1. The molecule has 1 N–H and O–H groups in total. The van der Waals surface area contributed by atoms with Crippen LogP contribution in [0, 0.1) is 18.3 Å². The second kappa shape index (κ2) is 9.19. The second-order valence-electron chi connectivity index (χ2n) is 9.80. The zero-order valence-corrected chi connectivity index (χ0v) is 20.3. The van der Waals surface area contributed by atoms with Gasteiger partial charge in [0.2, 0.25) is 17.7 Å². The average Bonchev–Trinajstić information content (AvgIpc) is 3.49. The van der Waals surface area contributed by atoms with E-state index in [0.29, 0.717) is 34.1 Å². The van der Waals surface area contributed by atoms with E-state index in [9.17, 15) is 9.59 Å². The van der Waals surface area contributed by atoms with Gasteiger partial charge in [0.05, 0.1) is 24.7 Å². The number of nitrogens with one attached hydrogen (secondary N) is 1. The molecule has 182 valence electrons. The number of halogens is 1. The quantitative estimate of drug-likeness (QED) is 0.666. The molecule has 2 saturated heterocycles. The number of piperidine rings is 1. The first-order valence-electron chi connectivity index (χ1n) is 11.8. The summed E-state index contributed by atoms with van der Waals surface area (Å²) in [5, 5.41) is 7.34. The van der Waals surface area contributed by atoms with Gasteiger partial charge in [0.1, 0.15) is 5.75 Å². The lowest BCUT2D eigenvalue weighted by molar-refractivity contribution is -0.134. The van der Waals surface area contributed by atoms with Gasteiger partial charge in [-0.15, -0.1) is 0 Å². The fraction of sp³-hybridized carbons (Fsp3) is 0.583. The highest BCUT2D eigenvalue weighted by atomic mass is 35.5. The first kappa shape index (κ1) is 23.1. The molecule has 2 aromatic rings. The van der Waals surface area contributed by atoms with E-state index in [-0.39, 0.29) is 29.8 Å². The van der Waals surface area contributed by atoms with Crippen molar-refractivity contribution in [1.29, 1.82) is 0 Å². The van der Waals surface area contributed by atoms with Crippen LogP contribution < -0.4 is 10.1 Å².